The van der Waals surface area contributed by atoms with Gasteiger partial charge in [-0.15, -0.1) is 0 Å². The lowest BCUT2D eigenvalue weighted by Crippen LogP contribution is -2.31. The summed E-state index contributed by atoms with van der Waals surface area (Å²) in [6, 6.07) is 2.87. The summed E-state index contributed by atoms with van der Waals surface area (Å²) in [4.78, 5) is 23.9. The van der Waals surface area contributed by atoms with E-state index in [1.807, 2.05) is 5.43 Å². The van der Waals surface area contributed by atoms with Crippen molar-refractivity contribution in [2.75, 3.05) is 17.5 Å². The third-order valence-electron chi connectivity index (χ3n) is 3.21. The number of fused-ring (bicyclic) bond motifs is 1. The van der Waals surface area contributed by atoms with E-state index >= 15 is 0 Å². The molecular weight excluding hydrogens is 404 g/mol. The van der Waals surface area contributed by atoms with Crippen molar-refractivity contribution in [3.63, 3.8) is 0 Å². The van der Waals surface area contributed by atoms with Crippen molar-refractivity contribution >= 4 is 54.4 Å². The Hall–Kier alpha value is -2.11. The van der Waals surface area contributed by atoms with Crippen LogP contribution in [0.15, 0.2) is 21.0 Å². The monoisotopic (exact) mass is 418 g/mol. The van der Waals surface area contributed by atoms with Crippen molar-refractivity contribution in [1.82, 2.24) is 10.7 Å². The highest BCUT2D eigenvalue weighted by Gasteiger charge is 2.26. The van der Waals surface area contributed by atoms with Gasteiger partial charge in [-0.25, -0.2) is 14.3 Å². The topological polar surface area (TPSA) is 144 Å². The summed E-state index contributed by atoms with van der Waals surface area (Å²) >= 11 is 3.24. The average Bonchev–Trinajstić information content (AvgIpc) is 2.91. The second-order valence-electron chi connectivity index (χ2n) is 4.69. The first-order valence-corrected chi connectivity index (χ1v) is 9.18. The highest BCUT2D eigenvalue weighted by atomic mass is 79.9. The van der Waals surface area contributed by atoms with Gasteiger partial charge in [0.25, 0.3) is 5.91 Å². The number of carbonyl (C=O) groups excluding carboxylic acids is 2. The van der Waals surface area contributed by atoms with Crippen LogP contribution in [-0.4, -0.2) is 33.0 Å². The van der Waals surface area contributed by atoms with E-state index in [2.05, 4.69) is 26.0 Å². The number of nitrogen functional groups attached to an aromatic ring is 1. The quantitative estimate of drug-likeness (QED) is 0.322. The number of sulfonamides is 1. The summed E-state index contributed by atoms with van der Waals surface area (Å²) in [6.45, 7) is 1.50. The number of furan rings is 1. The summed E-state index contributed by atoms with van der Waals surface area (Å²) in [7, 11) is -2.10. The van der Waals surface area contributed by atoms with Crippen molar-refractivity contribution in [2.45, 2.75) is 6.92 Å². The Morgan fingerprint density at radius 1 is 1.29 bits per heavy atom. The molecule has 0 saturated carbocycles. The first-order chi connectivity index (χ1) is 11.2. The van der Waals surface area contributed by atoms with Crippen LogP contribution in [0.5, 0.6) is 0 Å². The molecule has 0 unspecified atom stereocenters. The third-order valence-corrected chi connectivity index (χ3v) is 5.16. The molecule has 0 atom stereocenters. The van der Waals surface area contributed by atoms with E-state index in [0.29, 0.717) is 9.86 Å². The standard InChI is InChI=1S/C13H15BrN4O5S/c1-3-24(21,22)18-8-5-9-6(4-7(8)14)10(12(19)16-2)11(23-9)13(20)17-15/h4-5,18H,3,15H2,1-2H3,(H,16,19)(H,17,20). The van der Waals surface area contributed by atoms with Gasteiger partial charge in [0.1, 0.15) is 5.58 Å². The minimum atomic E-state index is -3.51. The number of rotatable bonds is 5. The third kappa shape index (κ3) is 3.37. The van der Waals surface area contributed by atoms with Crippen LogP contribution in [0.25, 0.3) is 11.0 Å². The van der Waals surface area contributed by atoms with Crippen LogP contribution in [0.2, 0.25) is 0 Å². The molecule has 5 N–H and O–H groups in total. The van der Waals surface area contributed by atoms with Crippen LogP contribution >= 0.6 is 15.9 Å². The molecule has 0 radical (unpaired) electrons. The molecule has 2 rings (SSSR count). The minimum absolute atomic E-state index is 0.000971. The molecule has 0 saturated heterocycles. The number of amides is 2. The normalized spacial score (nSPS) is 11.3. The molecule has 1 aromatic heterocycles. The van der Waals surface area contributed by atoms with Crippen LogP contribution in [0.1, 0.15) is 27.8 Å². The predicted molar refractivity (Wildman–Crippen MR) is 92.0 cm³/mol. The lowest BCUT2D eigenvalue weighted by Gasteiger charge is -2.08. The summed E-state index contributed by atoms with van der Waals surface area (Å²) in [6.07, 6.45) is 0. The van der Waals surface area contributed by atoms with Crippen molar-refractivity contribution in [3.05, 3.63) is 27.9 Å². The van der Waals surface area contributed by atoms with Crippen molar-refractivity contribution in [3.8, 4) is 0 Å². The summed E-state index contributed by atoms with van der Waals surface area (Å²) < 4.78 is 31.6. The van der Waals surface area contributed by atoms with E-state index in [1.54, 1.807) is 0 Å². The molecule has 1 heterocycles. The molecule has 0 fully saturated rings. The average molecular weight is 419 g/mol. The number of halogens is 1. The van der Waals surface area contributed by atoms with E-state index in [0.717, 1.165) is 0 Å². The minimum Gasteiger partial charge on any atom is -0.450 e. The van der Waals surface area contributed by atoms with Gasteiger partial charge in [0.2, 0.25) is 15.8 Å². The number of hydrogen-bond donors (Lipinski definition) is 4. The smallest absolute Gasteiger partial charge is 0.301 e. The molecular formula is C13H15BrN4O5S. The van der Waals surface area contributed by atoms with E-state index in [-0.39, 0.29) is 28.3 Å². The van der Waals surface area contributed by atoms with Crippen LogP contribution in [0, 0.1) is 0 Å². The summed E-state index contributed by atoms with van der Waals surface area (Å²) in [5.41, 5.74) is 2.28. The second kappa shape index (κ2) is 6.79. The van der Waals surface area contributed by atoms with Crippen molar-refractivity contribution in [1.29, 1.82) is 0 Å². The van der Waals surface area contributed by atoms with Crippen LogP contribution < -0.4 is 21.3 Å². The molecule has 0 aliphatic carbocycles. The van der Waals surface area contributed by atoms with Crippen molar-refractivity contribution < 1.29 is 22.4 Å². The Kier molecular flexibility index (Phi) is 5.16. The van der Waals surface area contributed by atoms with E-state index in [4.69, 9.17) is 10.3 Å². The van der Waals surface area contributed by atoms with Gasteiger partial charge >= 0.3 is 5.91 Å². The van der Waals surface area contributed by atoms with Crippen LogP contribution in [0.3, 0.4) is 0 Å². The molecule has 11 heteroatoms. The zero-order chi connectivity index (χ0) is 18.1. The maximum atomic E-state index is 12.1. The molecule has 0 aliphatic rings. The zero-order valence-corrected chi connectivity index (χ0v) is 15.2. The number of hydrazine groups is 1. The second-order valence-corrected chi connectivity index (χ2v) is 7.56. The molecule has 130 valence electrons. The highest BCUT2D eigenvalue weighted by molar-refractivity contribution is 9.10. The summed E-state index contributed by atoms with van der Waals surface area (Å²) in [5.74, 6) is 3.40. The van der Waals surface area contributed by atoms with E-state index < -0.39 is 21.8 Å². The number of carbonyl (C=O) groups is 2. The van der Waals surface area contributed by atoms with Crippen molar-refractivity contribution in [2.24, 2.45) is 5.84 Å². The molecule has 9 nitrogen and oxygen atoms in total. The van der Waals surface area contributed by atoms with Gasteiger partial charge in [-0.3, -0.25) is 19.7 Å². The molecule has 2 aromatic rings. The van der Waals surface area contributed by atoms with Crippen LogP contribution in [-0.2, 0) is 10.0 Å². The Bertz CT molecular complexity index is 922. The predicted octanol–water partition coefficient (Wildman–Crippen LogP) is 0.920. The first kappa shape index (κ1) is 18.2. The number of nitrogens with two attached hydrogens (primary N) is 1. The lowest BCUT2D eigenvalue weighted by molar-refractivity contribution is 0.0904. The highest BCUT2D eigenvalue weighted by Crippen LogP contribution is 2.34. The molecule has 1 aromatic carbocycles. The fourth-order valence-corrected chi connectivity index (χ4v) is 3.23. The summed E-state index contributed by atoms with van der Waals surface area (Å²) in [5, 5.41) is 2.75. The molecule has 24 heavy (non-hydrogen) atoms. The Balaban J connectivity index is 2.70. The SMILES string of the molecule is CCS(=O)(=O)Nc1cc2oc(C(=O)NN)c(C(=O)NC)c2cc1Br. The zero-order valence-electron chi connectivity index (χ0n) is 12.8. The maximum absolute atomic E-state index is 12.1. The number of hydrogen-bond acceptors (Lipinski definition) is 6. The fraction of sp³-hybridized carbons (Fsp3) is 0.231. The first-order valence-electron chi connectivity index (χ1n) is 6.73. The fourth-order valence-electron chi connectivity index (χ4n) is 2.01. The van der Waals surface area contributed by atoms with Gasteiger partial charge < -0.3 is 9.73 Å². The van der Waals surface area contributed by atoms with E-state index in [1.165, 1.54) is 26.1 Å². The van der Waals surface area contributed by atoms with Gasteiger partial charge in [0, 0.05) is 23.0 Å². The largest absolute Gasteiger partial charge is 0.450 e. The molecule has 2 amide bonds. The van der Waals surface area contributed by atoms with Gasteiger partial charge in [0.15, 0.2) is 0 Å². The Labute approximate surface area is 146 Å². The van der Waals surface area contributed by atoms with Crippen LogP contribution in [0.4, 0.5) is 5.69 Å². The van der Waals surface area contributed by atoms with Gasteiger partial charge in [-0.05, 0) is 28.9 Å². The number of anilines is 1. The lowest BCUT2D eigenvalue weighted by atomic mass is 10.1. The number of benzene rings is 1. The Morgan fingerprint density at radius 2 is 1.96 bits per heavy atom. The van der Waals surface area contributed by atoms with E-state index in [9.17, 15) is 18.0 Å². The molecule has 0 aliphatic heterocycles. The number of nitrogens with one attached hydrogen (secondary N) is 3. The molecule has 0 spiro atoms. The molecule has 0 bridgehead atoms. The Morgan fingerprint density at radius 3 is 2.50 bits per heavy atom. The van der Waals surface area contributed by atoms with Gasteiger partial charge in [-0.1, -0.05) is 0 Å². The van der Waals surface area contributed by atoms with Gasteiger partial charge in [-0.2, -0.15) is 0 Å². The van der Waals surface area contributed by atoms with Gasteiger partial charge in [0.05, 0.1) is 17.0 Å². The maximum Gasteiger partial charge on any atom is 0.301 e.